The van der Waals surface area contributed by atoms with Gasteiger partial charge in [-0.15, -0.1) is 0 Å². The number of rotatable bonds is 5. The smallest absolute Gasteiger partial charge is 1.00 e. The van der Waals surface area contributed by atoms with Gasteiger partial charge < -0.3 is 24.8 Å². The summed E-state index contributed by atoms with van der Waals surface area (Å²) >= 11 is -2.76. The van der Waals surface area contributed by atoms with Crippen LogP contribution in [0.5, 0.6) is 0 Å². The van der Waals surface area contributed by atoms with Crippen molar-refractivity contribution < 1.29 is 50.5 Å². The molecule has 0 heterocycles. The van der Waals surface area contributed by atoms with E-state index in [1.165, 1.54) is 78.3 Å². The Hall–Kier alpha value is -1.60. The van der Waals surface area contributed by atoms with Crippen LogP contribution in [0, 0.1) is 34.9 Å². The van der Waals surface area contributed by atoms with Crippen molar-refractivity contribution in [2.75, 3.05) is 0 Å². The molecule has 4 heteroatoms. The number of halogens is 3. The summed E-state index contributed by atoms with van der Waals surface area (Å²) in [6.07, 6.45) is 13.9. The van der Waals surface area contributed by atoms with Gasteiger partial charge in [0.2, 0.25) is 0 Å². The second-order valence-corrected chi connectivity index (χ2v) is 24.1. The molecule has 6 aliphatic rings. The standard InChI is InChI=1S/C21H25.C18H25.C7H5F.2ClH.Zr/c1-20(2,3)16-7-9-18-14(12-16)11-15-13-17(21(4,5)6)8-10-19(15)18;1-12-3-13(2)17(4-12)11-18-8-14-5-15(9-18)7-16(6-14)10-18;1-6-2-4-7(8)5-3-6;;;/h7-10,12H,11H2,1-6H3;4,12,14-16H,5-11H2,1-2H3;1-5H;2*1H;/q;;;;;+2/p-2. The minimum atomic E-state index is -2.76. The fourth-order valence-electron chi connectivity index (χ4n) is 11.3. The molecule has 0 aliphatic heterocycles. The molecule has 9 rings (SSSR count). The first-order chi connectivity index (χ1) is 22.7. The minimum absolute atomic E-state index is 0. The third-order valence-corrected chi connectivity index (χ3v) is 20.7. The molecule has 50 heavy (non-hydrogen) atoms. The Labute approximate surface area is 321 Å². The summed E-state index contributed by atoms with van der Waals surface area (Å²) in [5.74, 6) is 3.26. The van der Waals surface area contributed by atoms with Crippen molar-refractivity contribution in [2.45, 2.75) is 118 Å². The van der Waals surface area contributed by atoms with Gasteiger partial charge in [-0.25, -0.2) is 0 Å². The van der Waals surface area contributed by atoms with E-state index in [2.05, 4.69) is 95.5 Å². The van der Waals surface area contributed by atoms with E-state index in [9.17, 15) is 4.39 Å². The van der Waals surface area contributed by atoms with Gasteiger partial charge in [0.25, 0.3) is 0 Å². The molecule has 0 spiro atoms. The molecule has 0 amide bonds. The number of allylic oxidation sites excluding steroid dienone is 4. The summed E-state index contributed by atoms with van der Waals surface area (Å²) in [6.45, 7) is 19.2. The van der Waals surface area contributed by atoms with Crippen LogP contribution in [-0.4, -0.2) is 3.71 Å². The van der Waals surface area contributed by atoms with E-state index in [1.54, 1.807) is 35.4 Å². The number of fused-ring (bicyclic) bond motifs is 3. The van der Waals surface area contributed by atoms with Crippen molar-refractivity contribution in [1.29, 1.82) is 0 Å². The van der Waals surface area contributed by atoms with Crippen LogP contribution < -0.4 is 28.1 Å². The van der Waals surface area contributed by atoms with E-state index in [1.807, 2.05) is 12.1 Å². The molecule has 0 aromatic heterocycles. The van der Waals surface area contributed by atoms with Crippen molar-refractivity contribution >= 4 is 6.98 Å². The van der Waals surface area contributed by atoms with Crippen molar-refractivity contribution in [2.24, 2.45) is 29.1 Å². The molecule has 3 aromatic carbocycles. The molecular formula is C46H55Cl2FZr. The molecule has 4 bridgehead atoms. The third kappa shape index (κ3) is 6.82. The maximum atomic E-state index is 14.2. The Balaban J connectivity index is 0.00000216. The van der Waals surface area contributed by atoms with Gasteiger partial charge in [0, 0.05) is 0 Å². The zero-order chi connectivity index (χ0) is 33.7. The molecule has 3 aromatic rings. The molecule has 4 fully saturated rings. The van der Waals surface area contributed by atoms with Crippen LogP contribution in [0.4, 0.5) is 4.39 Å². The Bertz CT molecular complexity index is 1860. The van der Waals surface area contributed by atoms with Gasteiger partial charge in [-0.1, -0.05) is 0 Å². The summed E-state index contributed by atoms with van der Waals surface area (Å²) in [4.78, 5) is 0. The first-order valence-electron chi connectivity index (χ1n) is 18.9. The molecule has 0 radical (unpaired) electrons. The topological polar surface area (TPSA) is 0 Å². The largest absolute Gasteiger partial charge is 1.00 e. The van der Waals surface area contributed by atoms with Gasteiger partial charge in [-0.3, -0.25) is 0 Å². The third-order valence-electron chi connectivity index (χ3n) is 13.0. The summed E-state index contributed by atoms with van der Waals surface area (Å²) < 4.78 is 20.3. The van der Waals surface area contributed by atoms with E-state index in [-0.39, 0.29) is 41.5 Å². The monoisotopic (exact) mass is 786 g/mol. The fraction of sp³-hybridized carbons (Fsp3) is 0.500. The molecule has 1 atom stereocenters. The molecule has 4 saturated carbocycles. The number of hydrogen-bond acceptors (Lipinski definition) is 0. The van der Waals surface area contributed by atoms with E-state index in [0.717, 1.165) is 24.2 Å². The SMILES string of the molecule is CC1=[C](/[Zr+2](=[CH]/c2ccc(F)cc2)[c]2c(C(C)(C)C)ccc3c2Cc2cc(C(C)(C)C)ccc2-3)C(C)C=C1CC12CC3CC(CC(C3)C1)C2.[Cl-].[Cl-]. The van der Waals surface area contributed by atoms with Gasteiger partial charge in [0.05, 0.1) is 0 Å². The summed E-state index contributed by atoms with van der Waals surface area (Å²) in [5.41, 5.74) is 14.1. The number of hydrogen-bond donors (Lipinski definition) is 0. The zero-order valence-electron chi connectivity index (χ0n) is 31.5. The summed E-state index contributed by atoms with van der Waals surface area (Å²) in [5, 5.41) is 0. The van der Waals surface area contributed by atoms with E-state index in [4.69, 9.17) is 0 Å². The molecule has 1 unspecified atom stereocenters. The Kier molecular flexibility index (Phi) is 10.4. The van der Waals surface area contributed by atoms with Gasteiger partial charge in [0.15, 0.2) is 0 Å². The van der Waals surface area contributed by atoms with Crippen LogP contribution >= 0.6 is 0 Å². The summed E-state index contributed by atoms with van der Waals surface area (Å²) in [6, 6.07) is 19.6. The molecular weight excluding hydrogens is 734 g/mol. The van der Waals surface area contributed by atoms with Gasteiger partial charge in [0.1, 0.15) is 0 Å². The van der Waals surface area contributed by atoms with Crippen molar-refractivity contribution in [3.63, 3.8) is 0 Å². The first kappa shape index (κ1) is 38.1. The predicted molar refractivity (Wildman–Crippen MR) is 198 cm³/mol. The predicted octanol–water partition coefficient (Wildman–Crippen LogP) is 5.55. The molecule has 6 aliphatic carbocycles. The van der Waals surface area contributed by atoms with Crippen LogP contribution in [0.1, 0.15) is 128 Å². The Morgan fingerprint density at radius 1 is 0.800 bits per heavy atom. The molecule has 0 N–H and O–H groups in total. The van der Waals surface area contributed by atoms with E-state index < -0.39 is 21.3 Å². The van der Waals surface area contributed by atoms with E-state index in [0.29, 0.717) is 11.3 Å². The van der Waals surface area contributed by atoms with Crippen molar-refractivity contribution in [3.05, 3.63) is 109 Å². The maximum Gasteiger partial charge on any atom is -1.00 e. The molecule has 0 nitrogen and oxygen atoms in total. The summed E-state index contributed by atoms with van der Waals surface area (Å²) in [7, 11) is 0. The molecule has 0 saturated heterocycles. The average molecular weight is 789 g/mol. The average Bonchev–Trinajstić information content (AvgIpc) is 3.50. The van der Waals surface area contributed by atoms with E-state index >= 15 is 0 Å². The van der Waals surface area contributed by atoms with Crippen LogP contribution in [0.2, 0.25) is 0 Å². The van der Waals surface area contributed by atoms with Gasteiger partial charge in [-0.05, 0) is 0 Å². The van der Waals surface area contributed by atoms with Gasteiger partial charge in [-0.2, -0.15) is 0 Å². The first-order valence-corrected chi connectivity index (χ1v) is 22.8. The minimum Gasteiger partial charge on any atom is -1.00 e. The Morgan fingerprint density at radius 2 is 1.40 bits per heavy atom. The zero-order valence-corrected chi connectivity index (χ0v) is 35.4. The fourth-order valence-corrected chi connectivity index (χ4v) is 19.9. The van der Waals surface area contributed by atoms with Crippen LogP contribution in [0.25, 0.3) is 11.1 Å². The number of benzene rings is 3. The van der Waals surface area contributed by atoms with Crippen LogP contribution in [-0.2, 0) is 38.5 Å². The quantitative estimate of drug-likeness (QED) is 0.249. The van der Waals surface area contributed by atoms with Crippen molar-refractivity contribution in [1.82, 2.24) is 0 Å². The Morgan fingerprint density at radius 3 is 1.98 bits per heavy atom. The second kappa shape index (κ2) is 13.7. The maximum absolute atomic E-state index is 14.2. The second-order valence-electron chi connectivity index (χ2n) is 18.8. The van der Waals surface area contributed by atoms with Gasteiger partial charge >= 0.3 is 299 Å². The van der Waals surface area contributed by atoms with Crippen LogP contribution in [0.15, 0.2) is 75.1 Å². The molecule has 264 valence electrons. The normalized spacial score (nSPS) is 26.4. The van der Waals surface area contributed by atoms with Crippen LogP contribution in [0.3, 0.4) is 0 Å². The van der Waals surface area contributed by atoms with Crippen molar-refractivity contribution in [3.8, 4) is 11.1 Å².